The summed E-state index contributed by atoms with van der Waals surface area (Å²) >= 11 is 0. The molecule has 1 fully saturated rings. The van der Waals surface area contributed by atoms with Gasteiger partial charge in [-0.05, 0) is 38.1 Å². The van der Waals surface area contributed by atoms with Crippen LogP contribution in [0.5, 0.6) is 0 Å². The van der Waals surface area contributed by atoms with Crippen molar-refractivity contribution in [1.29, 1.82) is 0 Å². The van der Waals surface area contributed by atoms with Crippen molar-refractivity contribution in [2.24, 2.45) is 5.92 Å². The van der Waals surface area contributed by atoms with Gasteiger partial charge in [0, 0.05) is 11.5 Å². The zero-order valence-electron chi connectivity index (χ0n) is 10.1. The van der Waals surface area contributed by atoms with Crippen molar-refractivity contribution in [3.8, 4) is 0 Å². The average molecular weight is 247 g/mol. The summed E-state index contributed by atoms with van der Waals surface area (Å²) in [5, 5.41) is 3.19. The molecule has 1 aliphatic rings. The van der Waals surface area contributed by atoms with Crippen molar-refractivity contribution in [3.63, 3.8) is 0 Å². The molecule has 2 amide bonds. The third-order valence-electron chi connectivity index (χ3n) is 3.05. The summed E-state index contributed by atoms with van der Waals surface area (Å²) in [6.45, 7) is 1.70. The van der Waals surface area contributed by atoms with Crippen molar-refractivity contribution < 1.29 is 9.59 Å². The molecular weight excluding hydrogens is 230 g/mol. The Morgan fingerprint density at radius 3 is 2.39 bits per heavy atom. The molecule has 0 aromatic heterocycles. The summed E-state index contributed by atoms with van der Waals surface area (Å²) in [5.74, 6) is -0.416. The molecule has 0 radical (unpaired) electrons. The Kier molecular flexibility index (Phi) is 4.30. The molecular formula is C13H17N3O2. The van der Waals surface area contributed by atoms with E-state index in [2.05, 4.69) is 16.2 Å². The fourth-order valence-electron chi connectivity index (χ4n) is 1.97. The van der Waals surface area contributed by atoms with Gasteiger partial charge in [0.15, 0.2) is 0 Å². The average Bonchev–Trinajstić information content (AvgIpc) is 2.46. The van der Waals surface area contributed by atoms with Crippen molar-refractivity contribution >= 4 is 11.8 Å². The lowest BCUT2D eigenvalue weighted by atomic mass is 9.98. The number of amides is 2. The van der Waals surface area contributed by atoms with E-state index in [1.54, 1.807) is 24.3 Å². The molecule has 18 heavy (non-hydrogen) atoms. The Labute approximate surface area is 106 Å². The monoisotopic (exact) mass is 247 g/mol. The summed E-state index contributed by atoms with van der Waals surface area (Å²) in [4.78, 5) is 23.5. The second-order valence-corrected chi connectivity index (χ2v) is 4.33. The molecule has 2 rings (SSSR count). The molecule has 0 unspecified atom stereocenters. The number of piperidine rings is 1. The van der Waals surface area contributed by atoms with Crippen LogP contribution >= 0.6 is 0 Å². The summed E-state index contributed by atoms with van der Waals surface area (Å²) < 4.78 is 0. The van der Waals surface area contributed by atoms with Crippen LogP contribution in [0.1, 0.15) is 23.2 Å². The first-order chi connectivity index (χ1) is 8.77. The van der Waals surface area contributed by atoms with Gasteiger partial charge in [0.2, 0.25) is 5.91 Å². The van der Waals surface area contributed by atoms with Gasteiger partial charge in [0.25, 0.3) is 5.91 Å². The quantitative estimate of drug-likeness (QED) is 0.664. The SMILES string of the molecule is O=C(NNC(=O)C1CCNCC1)c1ccccc1. The molecule has 1 aromatic carbocycles. The first-order valence-electron chi connectivity index (χ1n) is 6.13. The van der Waals surface area contributed by atoms with E-state index in [-0.39, 0.29) is 17.7 Å². The van der Waals surface area contributed by atoms with Crippen LogP contribution in [0, 0.1) is 5.92 Å². The smallest absolute Gasteiger partial charge is 0.269 e. The van der Waals surface area contributed by atoms with E-state index < -0.39 is 0 Å². The normalized spacial score (nSPS) is 16.0. The highest BCUT2D eigenvalue weighted by Crippen LogP contribution is 2.10. The molecule has 0 aliphatic carbocycles. The molecule has 5 heteroatoms. The van der Waals surface area contributed by atoms with E-state index in [9.17, 15) is 9.59 Å². The minimum absolute atomic E-state index is 0.0117. The van der Waals surface area contributed by atoms with Crippen LogP contribution in [-0.2, 0) is 4.79 Å². The van der Waals surface area contributed by atoms with Crippen LogP contribution in [0.15, 0.2) is 30.3 Å². The highest BCUT2D eigenvalue weighted by atomic mass is 16.2. The molecule has 3 N–H and O–H groups in total. The van der Waals surface area contributed by atoms with Crippen LogP contribution in [0.4, 0.5) is 0 Å². The van der Waals surface area contributed by atoms with Crippen molar-refractivity contribution in [2.45, 2.75) is 12.8 Å². The zero-order valence-corrected chi connectivity index (χ0v) is 10.1. The molecule has 1 heterocycles. The predicted octanol–water partition coefficient (Wildman–Crippen LogP) is 0.447. The molecule has 96 valence electrons. The van der Waals surface area contributed by atoms with E-state index in [0.29, 0.717) is 5.56 Å². The van der Waals surface area contributed by atoms with E-state index >= 15 is 0 Å². The predicted molar refractivity (Wildman–Crippen MR) is 67.6 cm³/mol. The third kappa shape index (κ3) is 3.30. The molecule has 0 spiro atoms. The van der Waals surface area contributed by atoms with Crippen molar-refractivity contribution in [2.75, 3.05) is 13.1 Å². The Morgan fingerprint density at radius 2 is 1.72 bits per heavy atom. The minimum atomic E-state index is -0.294. The largest absolute Gasteiger partial charge is 0.317 e. The fraction of sp³-hybridized carbons (Fsp3) is 0.385. The first-order valence-corrected chi connectivity index (χ1v) is 6.13. The van der Waals surface area contributed by atoms with E-state index in [4.69, 9.17) is 0 Å². The van der Waals surface area contributed by atoms with Gasteiger partial charge in [-0.1, -0.05) is 18.2 Å². The summed E-state index contributed by atoms with van der Waals surface area (Å²) in [7, 11) is 0. The van der Waals surface area contributed by atoms with Crippen LogP contribution in [0.3, 0.4) is 0 Å². The maximum absolute atomic E-state index is 11.8. The van der Waals surface area contributed by atoms with Gasteiger partial charge < -0.3 is 5.32 Å². The highest BCUT2D eigenvalue weighted by Gasteiger charge is 2.21. The number of carbonyl (C=O) groups is 2. The van der Waals surface area contributed by atoms with Gasteiger partial charge in [0.05, 0.1) is 0 Å². The number of nitrogens with one attached hydrogen (secondary N) is 3. The van der Waals surface area contributed by atoms with Gasteiger partial charge in [-0.3, -0.25) is 20.4 Å². The Hall–Kier alpha value is -1.88. The molecule has 1 aromatic rings. The van der Waals surface area contributed by atoms with Gasteiger partial charge in [-0.15, -0.1) is 0 Å². The summed E-state index contributed by atoms with van der Waals surface area (Å²) in [6.07, 6.45) is 1.63. The number of hydrogen-bond acceptors (Lipinski definition) is 3. The van der Waals surface area contributed by atoms with Crippen LogP contribution < -0.4 is 16.2 Å². The van der Waals surface area contributed by atoms with Crippen molar-refractivity contribution in [1.82, 2.24) is 16.2 Å². The second kappa shape index (κ2) is 6.16. The van der Waals surface area contributed by atoms with E-state index in [1.807, 2.05) is 6.07 Å². The molecule has 5 nitrogen and oxygen atoms in total. The fourth-order valence-corrected chi connectivity index (χ4v) is 1.97. The lowest BCUT2D eigenvalue weighted by Gasteiger charge is -2.21. The first kappa shape index (κ1) is 12.6. The maximum Gasteiger partial charge on any atom is 0.269 e. The molecule has 0 saturated carbocycles. The minimum Gasteiger partial charge on any atom is -0.317 e. The highest BCUT2D eigenvalue weighted by molar-refractivity contribution is 5.95. The second-order valence-electron chi connectivity index (χ2n) is 4.33. The number of hydrazine groups is 1. The van der Waals surface area contributed by atoms with Gasteiger partial charge in [0.1, 0.15) is 0 Å². The topological polar surface area (TPSA) is 70.2 Å². The number of carbonyl (C=O) groups excluding carboxylic acids is 2. The van der Waals surface area contributed by atoms with Gasteiger partial charge in [-0.25, -0.2) is 0 Å². The van der Waals surface area contributed by atoms with Crippen LogP contribution in [0.2, 0.25) is 0 Å². The van der Waals surface area contributed by atoms with E-state index in [0.717, 1.165) is 25.9 Å². The van der Waals surface area contributed by atoms with Gasteiger partial charge in [-0.2, -0.15) is 0 Å². The van der Waals surface area contributed by atoms with Crippen LogP contribution in [0.25, 0.3) is 0 Å². The van der Waals surface area contributed by atoms with E-state index in [1.165, 1.54) is 0 Å². The number of hydrogen-bond donors (Lipinski definition) is 3. The third-order valence-corrected chi connectivity index (χ3v) is 3.05. The standard InChI is InChI=1S/C13H17N3O2/c17-12(10-4-2-1-3-5-10)15-16-13(18)11-6-8-14-9-7-11/h1-5,11,14H,6-9H2,(H,15,17)(H,16,18). The number of rotatable bonds is 2. The Bertz CT molecular complexity index is 414. The Morgan fingerprint density at radius 1 is 1.06 bits per heavy atom. The number of benzene rings is 1. The van der Waals surface area contributed by atoms with Gasteiger partial charge >= 0.3 is 0 Å². The molecule has 1 aliphatic heterocycles. The van der Waals surface area contributed by atoms with Crippen molar-refractivity contribution in [3.05, 3.63) is 35.9 Å². The van der Waals surface area contributed by atoms with Crippen LogP contribution in [-0.4, -0.2) is 24.9 Å². The molecule has 1 saturated heterocycles. The molecule has 0 atom stereocenters. The lowest BCUT2D eigenvalue weighted by molar-refractivity contribution is -0.126. The zero-order chi connectivity index (χ0) is 12.8. The maximum atomic E-state index is 11.8. The summed E-state index contributed by atoms with van der Waals surface area (Å²) in [6, 6.07) is 8.80. The lowest BCUT2D eigenvalue weighted by Crippen LogP contribution is -2.46. The summed E-state index contributed by atoms with van der Waals surface area (Å²) in [5.41, 5.74) is 5.45. The Balaban J connectivity index is 1.80. The molecule has 0 bridgehead atoms.